The van der Waals surface area contributed by atoms with Crippen LogP contribution in [0.15, 0.2) is 18.2 Å². The molecule has 0 atom stereocenters. The number of hydrogen-bond donors (Lipinski definition) is 0. The van der Waals surface area contributed by atoms with Crippen molar-refractivity contribution in [3.63, 3.8) is 0 Å². The van der Waals surface area contributed by atoms with E-state index in [1.165, 1.54) is 31.0 Å². The zero-order valence-electron chi connectivity index (χ0n) is 13.6. The van der Waals surface area contributed by atoms with E-state index < -0.39 is 0 Å². The predicted molar refractivity (Wildman–Crippen MR) is 83.5 cm³/mol. The van der Waals surface area contributed by atoms with Crippen LogP contribution in [-0.4, -0.2) is 30.5 Å². The summed E-state index contributed by atoms with van der Waals surface area (Å²) in [4.78, 5) is 14.5. The monoisotopic (exact) mass is 305 g/mol. The molecule has 3 rings (SSSR count). The highest BCUT2D eigenvalue weighted by Crippen LogP contribution is 2.54. The van der Waals surface area contributed by atoms with Gasteiger partial charge in [-0.25, -0.2) is 4.39 Å². The normalized spacial score (nSPS) is 20.0. The highest BCUT2D eigenvalue weighted by atomic mass is 19.1. The summed E-state index contributed by atoms with van der Waals surface area (Å²) in [5, 5.41) is 0. The van der Waals surface area contributed by atoms with Gasteiger partial charge < -0.3 is 9.64 Å². The van der Waals surface area contributed by atoms with Crippen molar-refractivity contribution in [1.29, 1.82) is 0 Å². The Hall–Kier alpha value is -1.58. The molecule has 0 unspecified atom stereocenters. The lowest BCUT2D eigenvalue weighted by Crippen LogP contribution is -2.64. The van der Waals surface area contributed by atoms with Gasteiger partial charge in [-0.2, -0.15) is 0 Å². The van der Waals surface area contributed by atoms with Crippen LogP contribution in [0.3, 0.4) is 0 Å². The molecule has 4 heteroatoms. The molecule has 1 saturated heterocycles. The number of hydrogen-bond acceptors (Lipinski definition) is 2. The van der Waals surface area contributed by atoms with Crippen molar-refractivity contribution in [1.82, 2.24) is 4.90 Å². The van der Waals surface area contributed by atoms with Gasteiger partial charge in [-0.1, -0.05) is 13.8 Å². The summed E-state index contributed by atoms with van der Waals surface area (Å²) >= 11 is 0. The van der Waals surface area contributed by atoms with Gasteiger partial charge in [-0.15, -0.1) is 0 Å². The Labute approximate surface area is 131 Å². The Kier molecular flexibility index (Phi) is 3.87. The third-order valence-corrected chi connectivity index (χ3v) is 5.15. The number of nitrogens with zero attached hydrogens (tertiary/aromatic N) is 1. The smallest absolute Gasteiger partial charge is 0.257 e. The number of carbonyl (C=O) groups excluding carboxylic acids is 1. The average molecular weight is 305 g/mol. The van der Waals surface area contributed by atoms with E-state index in [1.807, 2.05) is 11.8 Å². The third kappa shape index (κ3) is 2.59. The molecule has 0 bridgehead atoms. The number of carbonyl (C=O) groups is 1. The molecule has 22 heavy (non-hydrogen) atoms. The lowest BCUT2D eigenvalue weighted by atomic mass is 9.55. The summed E-state index contributed by atoms with van der Waals surface area (Å²) < 4.78 is 18.7. The van der Waals surface area contributed by atoms with Crippen molar-refractivity contribution in [2.75, 3.05) is 19.7 Å². The summed E-state index contributed by atoms with van der Waals surface area (Å²) in [5.74, 6) is 1.47. The molecule has 0 radical (unpaired) electrons. The fourth-order valence-electron chi connectivity index (χ4n) is 3.81. The summed E-state index contributed by atoms with van der Waals surface area (Å²) in [5.41, 5.74) is 0.828. The molecule has 1 aromatic rings. The molecular weight excluding hydrogens is 281 g/mol. The van der Waals surface area contributed by atoms with Crippen LogP contribution in [0.1, 0.15) is 44.0 Å². The van der Waals surface area contributed by atoms with Gasteiger partial charge in [-0.05, 0) is 43.7 Å². The summed E-state index contributed by atoms with van der Waals surface area (Å²) in [6.45, 7) is 8.45. The second-order valence-electron chi connectivity index (χ2n) is 7.15. The van der Waals surface area contributed by atoms with Crippen LogP contribution < -0.4 is 4.74 Å². The fourth-order valence-corrected chi connectivity index (χ4v) is 3.81. The molecule has 1 amide bonds. The van der Waals surface area contributed by atoms with E-state index in [2.05, 4.69) is 13.8 Å². The molecule has 1 aromatic carbocycles. The van der Waals surface area contributed by atoms with Gasteiger partial charge in [0.15, 0.2) is 0 Å². The van der Waals surface area contributed by atoms with E-state index in [-0.39, 0.29) is 11.7 Å². The highest BCUT2D eigenvalue weighted by Gasteiger charge is 2.54. The molecule has 3 nitrogen and oxygen atoms in total. The topological polar surface area (TPSA) is 29.5 Å². The molecule has 1 saturated carbocycles. The van der Waals surface area contributed by atoms with Crippen LogP contribution >= 0.6 is 0 Å². The molecule has 1 spiro atoms. The quantitative estimate of drug-likeness (QED) is 0.848. The van der Waals surface area contributed by atoms with Gasteiger partial charge in [-0.3, -0.25) is 4.79 Å². The van der Waals surface area contributed by atoms with E-state index >= 15 is 0 Å². The van der Waals surface area contributed by atoms with Crippen LogP contribution in [0.4, 0.5) is 4.39 Å². The number of ether oxygens (including phenoxy) is 1. The summed E-state index contributed by atoms with van der Waals surface area (Å²) in [7, 11) is 0. The van der Waals surface area contributed by atoms with Crippen LogP contribution in [0, 0.1) is 23.1 Å². The maximum atomic E-state index is 13.3. The second-order valence-corrected chi connectivity index (χ2v) is 7.15. The van der Waals surface area contributed by atoms with Gasteiger partial charge in [0, 0.05) is 24.6 Å². The Morgan fingerprint density at radius 1 is 1.41 bits per heavy atom. The van der Waals surface area contributed by atoms with Crippen molar-refractivity contribution in [2.45, 2.75) is 33.6 Å². The minimum atomic E-state index is -0.376. The van der Waals surface area contributed by atoms with Crippen molar-refractivity contribution >= 4 is 5.91 Å². The van der Waals surface area contributed by atoms with Gasteiger partial charge in [0.1, 0.15) is 11.6 Å². The van der Waals surface area contributed by atoms with Crippen molar-refractivity contribution < 1.29 is 13.9 Å². The maximum Gasteiger partial charge on any atom is 0.257 e. The summed E-state index contributed by atoms with van der Waals surface area (Å²) in [6, 6.07) is 4.15. The lowest BCUT2D eigenvalue weighted by molar-refractivity contribution is -0.0884. The number of rotatable bonds is 4. The van der Waals surface area contributed by atoms with Crippen molar-refractivity contribution in [3.05, 3.63) is 29.6 Å². The van der Waals surface area contributed by atoms with Crippen LogP contribution in [0.25, 0.3) is 0 Å². The zero-order valence-corrected chi connectivity index (χ0v) is 13.6. The first-order valence-corrected chi connectivity index (χ1v) is 8.16. The second kappa shape index (κ2) is 5.56. The first kappa shape index (κ1) is 15.3. The lowest BCUT2D eigenvalue weighted by Gasteiger charge is -2.60. The summed E-state index contributed by atoms with van der Waals surface area (Å²) in [6.07, 6.45) is 2.46. The minimum Gasteiger partial charge on any atom is -0.493 e. The van der Waals surface area contributed by atoms with E-state index in [4.69, 9.17) is 4.74 Å². The van der Waals surface area contributed by atoms with Gasteiger partial charge >= 0.3 is 0 Å². The molecule has 2 fully saturated rings. The van der Waals surface area contributed by atoms with Gasteiger partial charge in [0.2, 0.25) is 0 Å². The highest BCUT2D eigenvalue weighted by molar-refractivity contribution is 5.97. The molecule has 1 aliphatic heterocycles. The molecule has 120 valence electrons. The van der Waals surface area contributed by atoms with E-state index in [1.54, 1.807) is 0 Å². The Balaban J connectivity index is 1.65. The maximum absolute atomic E-state index is 13.3. The van der Waals surface area contributed by atoms with Crippen LogP contribution in [0.5, 0.6) is 5.75 Å². The van der Waals surface area contributed by atoms with E-state index in [9.17, 15) is 9.18 Å². The fraction of sp³-hybridized carbons (Fsp3) is 0.611. The molecule has 1 heterocycles. The van der Waals surface area contributed by atoms with Crippen molar-refractivity contribution in [3.8, 4) is 5.75 Å². The Bertz CT molecular complexity index is 570. The SMILES string of the molecule is CCOc1cc(F)ccc1C(=O)N1CC2(CC(C(C)C)C2)C1. The van der Waals surface area contributed by atoms with Crippen LogP contribution in [0.2, 0.25) is 0 Å². The first-order chi connectivity index (χ1) is 10.4. The van der Waals surface area contributed by atoms with E-state index in [0.717, 1.165) is 24.9 Å². The number of benzene rings is 1. The first-order valence-electron chi connectivity index (χ1n) is 8.16. The number of likely N-dealkylation sites (tertiary alicyclic amines) is 1. The Morgan fingerprint density at radius 3 is 2.68 bits per heavy atom. The van der Waals surface area contributed by atoms with Crippen LogP contribution in [-0.2, 0) is 0 Å². The molecule has 0 aromatic heterocycles. The van der Waals surface area contributed by atoms with Crippen molar-refractivity contribution in [2.24, 2.45) is 17.3 Å². The predicted octanol–water partition coefficient (Wildman–Crippen LogP) is 3.73. The van der Waals surface area contributed by atoms with Gasteiger partial charge in [0.05, 0.1) is 12.2 Å². The number of halogens is 1. The largest absolute Gasteiger partial charge is 0.493 e. The molecule has 2 aliphatic rings. The van der Waals surface area contributed by atoms with E-state index in [0.29, 0.717) is 23.3 Å². The average Bonchev–Trinajstić information content (AvgIpc) is 2.35. The molecule has 1 aliphatic carbocycles. The molecular formula is C18H24FNO2. The standard InChI is InChI=1S/C18H24FNO2/c1-4-22-16-7-14(19)5-6-15(16)17(21)20-10-18(11-20)8-13(9-18)12(2)3/h5-7,12-13H,4,8-11H2,1-3H3. The molecule has 0 N–H and O–H groups in total. The van der Waals surface area contributed by atoms with Gasteiger partial charge in [0.25, 0.3) is 5.91 Å². The Morgan fingerprint density at radius 2 is 2.09 bits per heavy atom. The third-order valence-electron chi connectivity index (χ3n) is 5.15. The minimum absolute atomic E-state index is 0.0397. The number of amides is 1. The zero-order chi connectivity index (χ0) is 15.9.